The van der Waals surface area contributed by atoms with Crippen LogP contribution in [0.15, 0.2) is 42.7 Å². The Morgan fingerprint density at radius 3 is 2.65 bits per heavy atom. The van der Waals surface area contributed by atoms with Gasteiger partial charge in [-0.25, -0.2) is 0 Å². The second-order valence-corrected chi connectivity index (χ2v) is 6.64. The second-order valence-electron chi connectivity index (χ2n) is 6.23. The van der Waals surface area contributed by atoms with E-state index in [1.807, 2.05) is 30.3 Å². The number of pyridine rings is 1. The number of halogens is 1. The van der Waals surface area contributed by atoms with Gasteiger partial charge in [0, 0.05) is 24.3 Å². The number of piperidine rings is 1. The first-order chi connectivity index (χ1) is 11.3. The summed E-state index contributed by atoms with van der Waals surface area (Å²) in [5, 5.41) is 4.19. The molecule has 1 aromatic carbocycles. The zero-order valence-corrected chi connectivity index (χ0v) is 13.5. The molecular weight excluding hydrogens is 312 g/mol. The minimum absolute atomic E-state index is 0.265. The van der Waals surface area contributed by atoms with Gasteiger partial charge in [0.1, 0.15) is 23.4 Å². The molecule has 4 nitrogen and oxygen atoms in total. The number of hydrogen-bond donors (Lipinski definition) is 1. The van der Waals surface area contributed by atoms with E-state index in [9.17, 15) is 0 Å². The van der Waals surface area contributed by atoms with Gasteiger partial charge in [-0.15, -0.1) is 0 Å². The number of ether oxygens (including phenoxy) is 2. The molecule has 4 rings (SSSR count). The summed E-state index contributed by atoms with van der Waals surface area (Å²) in [6.07, 6.45) is 8.30. The van der Waals surface area contributed by atoms with Crippen LogP contribution in [0, 0.1) is 0 Å². The summed E-state index contributed by atoms with van der Waals surface area (Å²) in [4.78, 5) is 4.04. The van der Waals surface area contributed by atoms with Crippen LogP contribution in [0.1, 0.15) is 25.7 Å². The van der Waals surface area contributed by atoms with E-state index >= 15 is 0 Å². The standard InChI is InChI=1S/C18H19ClN2O2/c19-17-6-5-14(10-18(17)23-15-2-1-7-20-11-15)22-16-8-12-3-4-13(9-16)21-12/h1-2,5-7,10-13,16,21H,3-4,8-9H2/t12-,13+,16-. The van der Waals surface area contributed by atoms with Gasteiger partial charge in [0.15, 0.2) is 0 Å². The fraction of sp³-hybridized carbons (Fsp3) is 0.389. The average Bonchev–Trinajstić information content (AvgIpc) is 2.90. The van der Waals surface area contributed by atoms with Crippen molar-refractivity contribution in [2.45, 2.75) is 43.9 Å². The fourth-order valence-electron chi connectivity index (χ4n) is 3.46. The molecule has 0 radical (unpaired) electrons. The first kappa shape index (κ1) is 14.8. The van der Waals surface area contributed by atoms with Gasteiger partial charge in [-0.2, -0.15) is 0 Å². The molecule has 0 spiro atoms. The molecule has 3 atom stereocenters. The lowest BCUT2D eigenvalue weighted by molar-refractivity contribution is 0.137. The van der Waals surface area contributed by atoms with E-state index in [1.54, 1.807) is 12.4 Å². The highest BCUT2D eigenvalue weighted by molar-refractivity contribution is 6.32. The Balaban J connectivity index is 1.48. The zero-order valence-electron chi connectivity index (χ0n) is 12.7. The lowest BCUT2D eigenvalue weighted by atomic mass is 10.0. The van der Waals surface area contributed by atoms with Gasteiger partial charge in [0.2, 0.25) is 0 Å². The number of hydrogen-bond acceptors (Lipinski definition) is 4. The van der Waals surface area contributed by atoms with Gasteiger partial charge in [-0.05, 0) is 49.9 Å². The third-order valence-electron chi connectivity index (χ3n) is 4.50. The summed E-state index contributed by atoms with van der Waals surface area (Å²) < 4.78 is 12.0. The molecule has 2 saturated heterocycles. The van der Waals surface area contributed by atoms with Crippen molar-refractivity contribution in [3.8, 4) is 17.2 Å². The van der Waals surface area contributed by atoms with Crippen molar-refractivity contribution in [3.05, 3.63) is 47.7 Å². The molecule has 0 saturated carbocycles. The summed E-state index contributed by atoms with van der Waals surface area (Å²) in [5.74, 6) is 2.06. The van der Waals surface area contributed by atoms with E-state index in [-0.39, 0.29) is 6.10 Å². The molecule has 23 heavy (non-hydrogen) atoms. The third kappa shape index (κ3) is 3.43. The minimum Gasteiger partial charge on any atom is -0.490 e. The zero-order chi connectivity index (χ0) is 15.6. The number of fused-ring (bicyclic) bond motifs is 2. The molecule has 2 aromatic rings. The number of benzene rings is 1. The predicted octanol–water partition coefficient (Wildman–Crippen LogP) is 4.19. The molecule has 2 fully saturated rings. The highest BCUT2D eigenvalue weighted by Crippen LogP contribution is 2.35. The molecule has 1 N–H and O–H groups in total. The minimum atomic E-state index is 0.265. The number of nitrogens with zero attached hydrogens (tertiary/aromatic N) is 1. The summed E-state index contributed by atoms with van der Waals surface area (Å²) in [6, 6.07) is 10.5. The van der Waals surface area contributed by atoms with Crippen LogP contribution < -0.4 is 14.8 Å². The molecule has 3 heterocycles. The second kappa shape index (κ2) is 6.38. The predicted molar refractivity (Wildman–Crippen MR) is 89.4 cm³/mol. The van der Waals surface area contributed by atoms with E-state index < -0.39 is 0 Å². The van der Waals surface area contributed by atoms with Crippen LogP contribution in [0.5, 0.6) is 17.2 Å². The largest absolute Gasteiger partial charge is 0.490 e. The number of nitrogens with one attached hydrogen (secondary N) is 1. The molecule has 2 aliphatic heterocycles. The van der Waals surface area contributed by atoms with Crippen LogP contribution in [-0.2, 0) is 0 Å². The Bertz CT molecular complexity index is 668. The highest BCUT2D eigenvalue weighted by atomic mass is 35.5. The molecule has 2 aliphatic rings. The Kier molecular flexibility index (Phi) is 4.10. The smallest absolute Gasteiger partial charge is 0.149 e. The average molecular weight is 331 g/mol. The Morgan fingerprint density at radius 2 is 1.91 bits per heavy atom. The van der Waals surface area contributed by atoms with Crippen molar-refractivity contribution < 1.29 is 9.47 Å². The monoisotopic (exact) mass is 330 g/mol. The highest BCUT2D eigenvalue weighted by Gasteiger charge is 2.34. The molecule has 120 valence electrons. The first-order valence-electron chi connectivity index (χ1n) is 8.06. The Labute approximate surface area is 140 Å². The molecule has 0 unspecified atom stereocenters. The summed E-state index contributed by atoms with van der Waals surface area (Å²) in [7, 11) is 0. The van der Waals surface area contributed by atoms with Gasteiger partial charge >= 0.3 is 0 Å². The summed E-state index contributed by atoms with van der Waals surface area (Å²) >= 11 is 6.23. The molecule has 5 heteroatoms. The van der Waals surface area contributed by atoms with Crippen molar-refractivity contribution in [2.75, 3.05) is 0 Å². The van der Waals surface area contributed by atoms with Crippen LogP contribution in [0.2, 0.25) is 5.02 Å². The molecule has 1 aromatic heterocycles. The topological polar surface area (TPSA) is 43.4 Å². The van der Waals surface area contributed by atoms with Crippen molar-refractivity contribution in [3.63, 3.8) is 0 Å². The van der Waals surface area contributed by atoms with Crippen molar-refractivity contribution >= 4 is 11.6 Å². The molecule has 0 aliphatic carbocycles. The molecule has 0 amide bonds. The third-order valence-corrected chi connectivity index (χ3v) is 4.81. The van der Waals surface area contributed by atoms with Crippen LogP contribution in [0.3, 0.4) is 0 Å². The number of aromatic nitrogens is 1. The Morgan fingerprint density at radius 1 is 1.09 bits per heavy atom. The SMILES string of the molecule is Clc1ccc(O[C@@H]2C[C@H]3CC[C@@H](C2)N3)cc1Oc1cccnc1. The quantitative estimate of drug-likeness (QED) is 0.913. The van der Waals surface area contributed by atoms with Crippen LogP contribution >= 0.6 is 11.6 Å². The van der Waals surface area contributed by atoms with Crippen LogP contribution in [0.25, 0.3) is 0 Å². The van der Waals surface area contributed by atoms with Gasteiger partial charge < -0.3 is 14.8 Å². The summed E-state index contributed by atoms with van der Waals surface area (Å²) in [6.45, 7) is 0. The van der Waals surface area contributed by atoms with Crippen molar-refractivity contribution in [1.82, 2.24) is 10.3 Å². The maximum absolute atomic E-state index is 6.23. The Hall–Kier alpha value is -1.78. The van der Waals surface area contributed by atoms with E-state index in [2.05, 4.69) is 10.3 Å². The van der Waals surface area contributed by atoms with E-state index in [4.69, 9.17) is 21.1 Å². The van der Waals surface area contributed by atoms with Gasteiger partial charge in [-0.1, -0.05) is 11.6 Å². The maximum Gasteiger partial charge on any atom is 0.149 e. The lowest BCUT2D eigenvalue weighted by Crippen LogP contribution is -2.42. The lowest BCUT2D eigenvalue weighted by Gasteiger charge is -2.29. The van der Waals surface area contributed by atoms with Gasteiger partial charge in [0.05, 0.1) is 11.2 Å². The summed E-state index contributed by atoms with van der Waals surface area (Å²) in [5.41, 5.74) is 0. The molecular formula is C18H19ClN2O2. The number of rotatable bonds is 4. The van der Waals surface area contributed by atoms with E-state index in [0.717, 1.165) is 18.6 Å². The normalized spacial score (nSPS) is 26.0. The van der Waals surface area contributed by atoms with Crippen LogP contribution in [0.4, 0.5) is 0 Å². The van der Waals surface area contributed by atoms with Crippen molar-refractivity contribution in [2.24, 2.45) is 0 Å². The molecule has 2 bridgehead atoms. The van der Waals surface area contributed by atoms with Gasteiger partial charge in [-0.3, -0.25) is 4.98 Å². The van der Waals surface area contributed by atoms with Crippen molar-refractivity contribution in [1.29, 1.82) is 0 Å². The van der Waals surface area contributed by atoms with E-state index in [1.165, 1.54) is 12.8 Å². The first-order valence-corrected chi connectivity index (χ1v) is 8.44. The fourth-order valence-corrected chi connectivity index (χ4v) is 3.62. The maximum atomic E-state index is 6.23. The van der Waals surface area contributed by atoms with Gasteiger partial charge in [0.25, 0.3) is 0 Å². The van der Waals surface area contributed by atoms with Crippen LogP contribution in [-0.4, -0.2) is 23.2 Å². The van der Waals surface area contributed by atoms with E-state index in [0.29, 0.717) is 28.6 Å².